The zero-order valence-corrected chi connectivity index (χ0v) is 8.08. The minimum atomic E-state index is 0.611. The van der Waals surface area contributed by atoms with Crippen LogP contribution in [0.2, 0.25) is 0 Å². The topological polar surface area (TPSA) is 56.7 Å². The molecule has 0 saturated carbocycles. The van der Waals surface area contributed by atoms with Crippen LogP contribution < -0.4 is 5.73 Å². The van der Waals surface area contributed by atoms with Crippen LogP contribution in [0.4, 0.5) is 5.13 Å². The van der Waals surface area contributed by atoms with Crippen LogP contribution in [0, 0.1) is 6.92 Å². The largest absolute Gasteiger partial charge is 0.375 e. The van der Waals surface area contributed by atoms with Crippen molar-refractivity contribution in [3.63, 3.8) is 0 Å². The number of aromatic nitrogens is 3. The summed E-state index contributed by atoms with van der Waals surface area (Å²) in [5.41, 5.74) is 7.62. The molecule has 0 aromatic carbocycles. The van der Waals surface area contributed by atoms with Gasteiger partial charge in [-0.3, -0.25) is 4.68 Å². The van der Waals surface area contributed by atoms with E-state index in [1.165, 1.54) is 11.3 Å². The highest BCUT2D eigenvalue weighted by atomic mass is 32.1. The van der Waals surface area contributed by atoms with E-state index in [4.69, 9.17) is 5.73 Å². The molecule has 2 heterocycles. The summed E-state index contributed by atoms with van der Waals surface area (Å²) in [4.78, 5) is 4.16. The highest BCUT2D eigenvalue weighted by Gasteiger charge is 2.01. The number of thiazole rings is 1. The molecular weight excluding hydrogens is 184 g/mol. The molecule has 13 heavy (non-hydrogen) atoms. The number of nitrogens with two attached hydrogens (primary N) is 1. The second kappa shape index (κ2) is 3.18. The van der Waals surface area contributed by atoms with E-state index >= 15 is 0 Å². The molecule has 2 N–H and O–H groups in total. The fourth-order valence-corrected chi connectivity index (χ4v) is 1.67. The van der Waals surface area contributed by atoms with Gasteiger partial charge in [-0.2, -0.15) is 5.10 Å². The van der Waals surface area contributed by atoms with Crippen molar-refractivity contribution in [1.82, 2.24) is 14.8 Å². The lowest BCUT2D eigenvalue weighted by Crippen LogP contribution is -2.03. The summed E-state index contributed by atoms with van der Waals surface area (Å²) in [6.45, 7) is 2.72. The Morgan fingerprint density at radius 1 is 1.62 bits per heavy atom. The van der Waals surface area contributed by atoms with Crippen LogP contribution in [0.5, 0.6) is 0 Å². The van der Waals surface area contributed by atoms with Gasteiger partial charge in [0.15, 0.2) is 5.13 Å². The van der Waals surface area contributed by atoms with E-state index in [2.05, 4.69) is 10.1 Å². The summed E-state index contributed by atoms with van der Waals surface area (Å²) in [6.07, 6.45) is 1.78. The minimum Gasteiger partial charge on any atom is -0.375 e. The Balaban J connectivity index is 2.19. The van der Waals surface area contributed by atoms with Crippen molar-refractivity contribution < 1.29 is 0 Å². The summed E-state index contributed by atoms with van der Waals surface area (Å²) >= 11 is 1.46. The number of aryl methyl sites for hydroxylation is 1. The number of hydrogen-bond acceptors (Lipinski definition) is 4. The van der Waals surface area contributed by atoms with Crippen molar-refractivity contribution >= 4 is 16.5 Å². The Kier molecular flexibility index (Phi) is 2.02. The first-order chi connectivity index (χ1) is 6.25. The van der Waals surface area contributed by atoms with Gasteiger partial charge in [0.1, 0.15) is 0 Å². The summed E-state index contributed by atoms with van der Waals surface area (Å²) in [5.74, 6) is 0. The van der Waals surface area contributed by atoms with Gasteiger partial charge in [0.2, 0.25) is 0 Å². The molecule has 0 amide bonds. The highest BCUT2D eigenvalue weighted by Crippen LogP contribution is 2.12. The molecule has 2 aromatic rings. The molecule has 0 bridgehead atoms. The molecule has 0 fully saturated rings. The Hall–Kier alpha value is -1.36. The first-order valence-electron chi connectivity index (χ1n) is 3.94. The van der Waals surface area contributed by atoms with Crippen LogP contribution in [0.1, 0.15) is 11.4 Å². The number of rotatable bonds is 2. The Morgan fingerprint density at radius 2 is 2.46 bits per heavy atom. The number of anilines is 1. The Morgan fingerprint density at radius 3 is 3.00 bits per heavy atom. The molecule has 2 aromatic heterocycles. The van der Waals surface area contributed by atoms with Crippen molar-refractivity contribution in [2.75, 3.05) is 5.73 Å². The lowest BCUT2D eigenvalue weighted by molar-refractivity contribution is 0.655. The lowest BCUT2D eigenvalue weighted by atomic mass is 10.4. The third-order valence-corrected chi connectivity index (χ3v) is 2.53. The maximum absolute atomic E-state index is 5.52. The zero-order chi connectivity index (χ0) is 9.26. The highest BCUT2D eigenvalue weighted by molar-refractivity contribution is 7.13. The predicted octanol–water partition coefficient (Wildman–Crippen LogP) is 1.28. The molecule has 0 spiro atoms. The third-order valence-electron chi connectivity index (χ3n) is 1.81. The quantitative estimate of drug-likeness (QED) is 0.783. The predicted molar refractivity (Wildman–Crippen MR) is 52.6 cm³/mol. The zero-order valence-electron chi connectivity index (χ0n) is 7.27. The van der Waals surface area contributed by atoms with Crippen molar-refractivity contribution in [1.29, 1.82) is 0 Å². The van der Waals surface area contributed by atoms with E-state index in [0.717, 1.165) is 11.4 Å². The van der Waals surface area contributed by atoms with Gasteiger partial charge in [0.25, 0.3) is 0 Å². The molecule has 0 aliphatic rings. The van der Waals surface area contributed by atoms with Gasteiger partial charge >= 0.3 is 0 Å². The molecule has 0 aliphatic carbocycles. The number of nitrogens with zero attached hydrogens (tertiary/aromatic N) is 3. The van der Waals surface area contributed by atoms with Crippen molar-refractivity contribution in [3.05, 3.63) is 29.0 Å². The van der Waals surface area contributed by atoms with E-state index in [-0.39, 0.29) is 0 Å². The lowest BCUT2D eigenvalue weighted by Gasteiger charge is -1.99. The molecule has 0 radical (unpaired) electrons. The van der Waals surface area contributed by atoms with E-state index in [0.29, 0.717) is 11.7 Å². The van der Waals surface area contributed by atoms with Gasteiger partial charge in [-0.25, -0.2) is 4.98 Å². The maximum atomic E-state index is 5.52. The van der Waals surface area contributed by atoms with Crippen molar-refractivity contribution in [2.24, 2.45) is 0 Å². The molecule has 0 saturated heterocycles. The van der Waals surface area contributed by atoms with E-state index < -0.39 is 0 Å². The van der Waals surface area contributed by atoms with E-state index in [9.17, 15) is 0 Å². The second-order valence-electron chi connectivity index (χ2n) is 2.81. The maximum Gasteiger partial charge on any atom is 0.180 e. The Bertz CT molecular complexity index is 404. The average molecular weight is 194 g/mol. The smallest absolute Gasteiger partial charge is 0.180 e. The minimum absolute atomic E-state index is 0.611. The van der Waals surface area contributed by atoms with Crippen LogP contribution in [0.15, 0.2) is 17.6 Å². The SMILES string of the molecule is Cc1ccnn1Cc1csc(N)n1. The van der Waals surface area contributed by atoms with Crippen LogP contribution in [-0.4, -0.2) is 14.8 Å². The van der Waals surface area contributed by atoms with Gasteiger partial charge in [-0.15, -0.1) is 11.3 Å². The standard InChI is InChI=1S/C8H10N4S/c1-6-2-3-10-12(6)4-7-5-13-8(9)11-7/h2-3,5H,4H2,1H3,(H2,9,11). The average Bonchev–Trinajstić information content (AvgIpc) is 2.64. The fourth-order valence-electron chi connectivity index (χ4n) is 1.11. The van der Waals surface area contributed by atoms with Gasteiger partial charge in [0, 0.05) is 17.3 Å². The molecule has 0 aliphatic heterocycles. The summed E-state index contributed by atoms with van der Waals surface area (Å²) in [7, 11) is 0. The van der Waals surface area contributed by atoms with Crippen LogP contribution in [0.25, 0.3) is 0 Å². The summed E-state index contributed by atoms with van der Waals surface area (Å²) in [6, 6.07) is 1.97. The molecule has 0 unspecified atom stereocenters. The first kappa shape index (κ1) is 8.25. The summed E-state index contributed by atoms with van der Waals surface area (Å²) in [5, 5.41) is 6.73. The van der Waals surface area contributed by atoms with Gasteiger partial charge in [-0.1, -0.05) is 0 Å². The van der Waals surface area contributed by atoms with Gasteiger partial charge in [0.05, 0.1) is 12.2 Å². The monoisotopic (exact) mass is 194 g/mol. The van der Waals surface area contributed by atoms with Crippen LogP contribution in [-0.2, 0) is 6.54 Å². The third kappa shape index (κ3) is 1.70. The van der Waals surface area contributed by atoms with Crippen LogP contribution in [0.3, 0.4) is 0 Å². The first-order valence-corrected chi connectivity index (χ1v) is 4.82. The molecule has 0 atom stereocenters. The Labute approximate surface area is 80.0 Å². The van der Waals surface area contributed by atoms with E-state index in [1.807, 2.05) is 23.1 Å². The second-order valence-corrected chi connectivity index (χ2v) is 3.70. The molecule has 4 nitrogen and oxygen atoms in total. The molecule has 5 heteroatoms. The van der Waals surface area contributed by atoms with Gasteiger partial charge in [-0.05, 0) is 13.0 Å². The number of hydrogen-bond donors (Lipinski definition) is 1. The van der Waals surface area contributed by atoms with Gasteiger partial charge < -0.3 is 5.73 Å². The summed E-state index contributed by atoms with van der Waals surface area (Å²) < 4.78 is 1.90. The molecular formula is C8H10N4S. The number of nitrogen functional groups attached to an aromatic ring is 1. The van der Waals surface area contributed by atoms with E-state index in [1.54, 1.807) is 6.20 Å². The normalized spacial score (nSPS) is 10.5. The fraction of sp³-hybridized carbons (Fsp3) is 0.250. The van der Waals surface area contributed by atoms with Crippen molar-refractivity contribution in [3.8, 4) is 0 Å². The molecule has 2 rings (SSSR count). The van der Waals surface area contributed by atoms with Crippen molar-refractivity contribution in [2.45, 2.75) is 13.5 Å². The van der Waals surface area contributed by atoms with Crippen LogP contribution >= 0.6 is 11.3 Å². The molecule has 68 valence electrons.